The summed E-state index contributed by atoms with van der Waals surface area (Å²) in [5, 5.41) is 13.0. The molecule has 0 bridgehead atoms. The van der Waals surface area contributed by atoms with E-state index in [1.165, 1.54) is 4.86 Å². The van der Waals surface area contributed by atoms with Crippen LogP contribution >= 0.6 is 10.5 Å². The second kappa shape index (κ2) is 4.85. The van der Waals surface area contributed by atoms with Gasteiger partial charge in [0.15, 0.2) is 0 Å². The highest BCUT2D eigenvalue weighted by atomic mass is 32.2. The number of nitrogens with zero attached hydrogens (tertiary/aromatic N) is 1. The molecule has 0 aromatic carbocycles. The monoisotopic (exact) mass is 195 g/mol. The zero-order chi connectivity index (χ0) is 9.68. The van der Waals surface area contributed by atoms with Gasteiger partial charge in [0.1, 0.15) is 5.40 Å². The molecule has 0 aromatic rings. The third kappa shape index (κ3) is 2.44. The molecule has 0 aliphatic carbocycles. The van der Waals surface area contributed by atoms with Crippen molar-refractivity contribution in [2.24, 2.45) is 5.84 Å². The molecule has 0 amide bonds. The van der Waals surface area contributed by atoms with E-state index in [0.717, 1.165) is 18.5 Å². The Morgan fingerprint density at radius 3 is 3.00 bits per heavy atom. The number of nitrogens with two attached hydrogens (primary N) is 1. The van der Waals surface area contributed by atoms with Crippen molar-refractivity contribution in [1.29, 1.82) is 5.26 Å². The third-order valence-electron chi connectivity index (χ3n) is 1.74. The zero-order valence-corrected chi connectivity index (χ0v) is 8.40. The van der Waals surface area contributed by atoms with Crippen molar-refractivity contribution >= 4 is 15.3 Å². The average Bonchev–Trinajstić information content (AvgIpc) is 2.18. The van der Waals surface area contributed by atoms with Gasteiger partial charge in [-0.1, -0.05) is 23.8 Å². The van der Waals surface area contributed by atoms with Crippen molar-refractivity contribution in [1.82, 2.24) is 5.43 Å². The quantitative estimate of drug-likeness (QED) is 0.311. The predicted molar refractivity (Wildman–Crippen MR) is 57.7 cm³/mol. The molecule has 0 radical (unpaired) electrons. The molecule has 0 saturated carbocycles. The Bertz CT molecular complexity index is 320. The van der Waals surface area contributed by atoms with Gasteiger partial charge in [-0.15, -0.1) is 0 Å². The summed E-state index contributed by atoms with van der Waals surface area (Å²) in [6, 6.07) is 0. The lowest BCUT2D eigenvalue weighted by Crippen LogP contribution is -2.21. The van der Waals surface area contributed by atoms with Gasteiger partial charge in [-0.05, 0) is 28.8 Å². The predicted octanol–water partition coefficient (Wildman–Crippen LogP) is 1.58. The van der Waals surface area contributed by atoms with Gasteiger partial charge in [-0.2, -0.15) is 5.26 Å². The fourth-order valence-corrected chi connectivity index (χ4v) is 2.43. The van der Waals surface area contributed by atoms with Gasteiger partial charge in [-0.3, -0.25) is 5.84 Å². The molecule has 3 N–H and O–H groups in total. The van der Waals surface area contributed by atoms with Crippen molar-refractivity contribution in [2.45, 2.75) is 19.8 Å². The third-order valence-corrected chi connectivity index (χ3v) is 3.24. The number of nitriles is 1. The van der Waals surface area contributed by atoms with E-state index >= 15 is 0 Å². The topological polar surface area (TPSA) is 61.8 Å². The molecule has 1 unspecified atom stereocenters. The molecule has 1 atom stereocenters. The molecule has 4 heteroatoms. The lowest BCUT2D eigenvalue weighted by molar-refractivity contribution is 0.916. The summed E-state index contributed by atoms with van der Waals surface area (Å²) < 4.78 is 0. The van der Waals surface area contributed by atoms with Gasteiger partial charge < -0.3 is 5.43 Å². The number of hydrogen-bond acceptors (Lipinski definition) is 3. The zero-order valence-electron chi connectivity index (χ0n) is 7.58. The van der Waals surface area contributed by atoms with Gasteiger partial charge in [0.25, 0.3) is 0 Å². The molecular weight excluding hydrogens is 182 g/mol. The van der Waals surface area contributed by atoms with Crippen LogP contribution in [-0.2, 0) is 0 Å². The largest absolute Gasteiger partial charge is 0.324 e. The summed E-state index contributed by atoms with van der Waals surface area (Å²) in [5.41, 5.74) is 3.46. The molecule has 0 saturated heterocycles. The molecule has 0 spiro atoms. The van der Waals surface area contributed by atoms with Crippen molar-refractivity contribution in [3.63, 3.8) is 0 Å². The number of hydrazine groups is 1. The Labute approximate surface area is 80.8 Å². The van der Waals surface area contributed by atoms with Crippen LogP contribution in [0.5, 0.6) is 0 Å². The van der Waals surface area contributed by atoms with Gasteiger partial charge in [-0.25, -0.2) is 0 Å². The van der Waals surface area contributed by atoms with Crippen LogP contribution < -0.4 is 11.3 Å². The first-order chi connectivity index (χ1) is 6.31. The van der Waals surface area contributed by atoms with Crippen LogP contribution in [0.15, 0.2) is 23.3 Å². The Kier molecular flexibility index (Phi) is 3.74. The maximum atomic E-state index is 8.86. The summed E-state index contributed by atoms with van der Waals surface area (Å²) in [5.74, 6) is 5.29. The molecule has 13 heavy (non-hydrogen) atoms. The van der Waals surface area contributed by atoms with Crippen molar-refractivity contribution in [3.05, 3.63) is 23.3 Å². The first-order valence-corrected chi connectivity index (χ1v) is 5.45. The highest BCUT2D eigenvalue weighted by molar-refractivity contribution is 8.22. The van der Waals surface area contributed by atoms with Crippen LogP contribution in [0.2, 0.25) is 0 Å². The first kappa shape index (κ1) is 10.0. The van der Waals surface area contributed by atoms with E-state index in [1.54, 1.807) is 0 Å². The number of rotatable bonds is 3. The van der Waals surface area contributed by atoms with Crippen LogP contribution in [0.4, 0.5) is 0 Å². The van der Waals surface area contributed by atoms with E-state index in [4.69, 9.17) is 11.1 Å². The van der Waals surface area contributed by atoms with Crippen LogP contribution in [0.25, 0.3) is 0 Å². The van der Waals surface area contributed by atoms with E-state index in [1.807, 2.05) is 17.6 Å². The SMILES string of the molecule is CCCC1=S(C#N)C=CC(NN)=C1. The normalized spacial score (nSPS) is 20.8. The van der Waals surface area contributed by atoms with E-state index in [9.17, 15) is 0 Å². The molecule has 1 aliphatic heterocycles. The lowest BCUT2D eigenvalue weighted by Gasteiger charge is -2.10. The minimum Gasteiger partial charge on any atom is -0.324 e. The smallest absolute Gasteiger partial charge is 0.131 e. The summed E-state index contributed by atoms with van der Waals surface area (Å²) in [4.78, 5) is 1.17. The second-order valence-corrected chi connectivity index (χ2v) is 4.35. The Morgan fingerprint density at radius 2 is 2.46 bits per heavy atom. The minimum absolute atomic E-state index is 0.342. The van der Waals surface area contributed by atoms with Crippen LogP contribution in [-0.4, -0.2) is 4.86 Å². The number of thiocyanates is 1. The molecule has 1 heterocycles. The Balaban J connectivity index is 2.95. The molecule has 3 nitrogen and oxygen atoms in total. The van der Waals surface area contributed by atoms with E-state index in [2.05, 4.69) is 17.8 Å². The highest BCUT2D eigenvalue weighted by Gasteiger charge is 2.05. The van der Waals surface area contributed by atoms with E-state index in [0.29, 0.717) is 0 Å². The van der Waals surface area contributed by atoms with Crippen molar-refractivity contribution < 1.29 is 0 Å². The molecule has 0 fully saturated rings. The highest BCUT2D eigenvalue weighted by Crippen LogP contribution is 2.23. The van der Waals surface area contributed by atoms with Crippen LogP contribution in [0.3, 0.4) is 0 Å². The fourth-order valence-electron chi connectivity index (χ4n) is 1.12. The summed E-state index contributed by atoms with van der Waals surface area (Å²) in [6.07, 6.45) is 5.84. The Hall–Kier alpha value is -1.05. The maximum Gasteiger partial charge on any atom is 0.131 e. The number of hydrogen-bond donors (Lipinski definition) is 2. The number of allylic oxidation sites excluding steroid dienone is 2. The summed E-state index contributed by atoms with van der Waals surface area (Å²) in [7, 11) is -0.342. The molecular formula is C9H13N3S. The van der Waals surface area contributed by atoms with Gasteiger partial charge in [0, 0.05) is 5.70 Å². The maximum absolute atomic E-state index is 8.86. The minimum atomic E-state index is -0.342. The number of nitrogens with one attached hydrogen (secondary N) is 1. The van der Waals surface area contributed by atoms with E-state index in [-0.39, 0.29) is 10.5 Å². The Morgan fingerprint density at radius 1 is 1.69 bits per heavy atom. The molecule has 1 aliphatic rings. The van der Waals surface area contributed by atoms with Crippen LogP contribution in [0.1, 0.15) is 19.8 Å². The average molecular weight is 195 g/mol. The van der Waals surface area contributed by atoms with Crippen molar-refractivity contribution in [3.8, 4) is 5.40 Å². The molecule has 0 aromatic heterocycles. The summed E-state index contributed by atoms with van der Waals surface area (Å²) >= 11 is 0. The van der Waals surface area contributed by atoms with Gasteiger partial charge in [0.2, 0.25) is 0 Å². The fraction of sp³-hybridized carbons (Fsp3) is 0.333. The molecule has 70 valence electrons. The van der Waals surface area contributed by atoms with Crippen molar-refractivity contribution in [2.75, 3.05) is 0 Å². The van der Waals surface area contributed by atoms with Crippen LogP contribution in [0, 0.1) is 10.7 Å². The molecule has 1 rings (SSSR count). The summed E-state index contributed by atoms with van der Waals surface area (Å²) in [6.45, 7) is 2.10. The first-order valence-electron chi connectivity index (χ1n) is 4.17. The van der Waals surface area contributed by atoms with E-state index < -0.39 is 0 Å². The lowest BCUT2D eigenvalue weighted by atomic mass is 10.2. The second-order valence-electron chi connectivity index (χ2n) is 2.69. The van der Waals surface area contributed by atoms with Gasteiger partial charge in [0.05, 0.1) is 0 Å². The van der Waals surface area contributed by atoms with Gasteiger partial charge >= 0.3 is 0 Å². The standard InChI is InChI=1S/C9H13N3S/c1-2-3-9-6-8(12-11)4-5-13(9)7-10/h4-6,12H,2-3,11H2,1H3.